The second kappa shape index (κ2) is 4.69. The van der Waals surface area contributed by atoms with E-state index in [0.717, 1.165) is 30.4 Å². The standard InChI is InChI=1S/C14H18O2/c1-10-7-8-12(9-15)14(11(10)2)16-13-5-3-4-6-13/h7-9,13H,3-6H2,1-2H3. The topological polar surface area (TPSA) is 26.3 Å². The summed E-state index contributed by atoms with van der Waals surface area (Å²) < 4.78 is 5.98. The Kier molecular flexibility index (Phi) is 3.28. The first kappa shape index (κ1) is 11.2. The summed E-state index contributed by atoms with van der Waals surface area (Å²) in [5.74, 6) is 0.793. The van der Waals surface area contributed by atoms with Gasteiger partial charge in [-0.1, -0.05) is 6.07 Å². The third-order valence-corrected chi connectivity index (χ3v) is 3.42. The minimum atomic E-state index is 0.305. The molecule has 0 aromatic heterocycles. The quantitative estimate of drug-likeness (QED) is 0.726. The van der Waals surface area contributed by atoms with Gasteiger partial charge >= 0.3 is 0 Å². The van der Waals surface area contributed by atoms with Crippen LogP contribution < -0.4 is 4.74 Å². The van der Waals surface area contributed by atoms with Crippen LogP contribution in [0.4, 0.5) is 0 Å². The van der Waals surface area contributed by atoms with Crippen LogP contribution in [0.5, 0.6) is 5.75 Å². The van der Waals surface area contributed by atoms with Crippen molar-refractivity contribution in [1.82, 2.24) is 0 Å². The fraction of sp³-hybridized carbons (Fsp3) is 0.500. The summed E-state index contributed by atoms with van der Waals surface area (Å²) in [5, 5.41) is 0. The number of rotatable bonds is 3. The highest BCUT2D eigenvalue weighted by Crippen LogP contribution is 2.30. The summed E-state index contributed by atoms with van der Waals surface area (Å²) in [6.07, 6.45) is 5.91. The highest BCUT2D eigenvalue weighted by atomic mass is 16.5. The Hall–Kier alpha value is -1.31. The molecule has 0 N–H and O–H groups in total. The molecule has 1 aliphatic carbocycles. The van der Waals surface area contributed by atoms with Gasteiger partial charge in [-0.25, -0.2) is 0 Å². The second-order valence-corrected chi connectivity index (χ2v) is 4.57. The molecule has 0 heterocycles. The molecule has 86 valence electrons. The Morgan fingerprint density at radius 3 is 2.56 bits per heavy atom. The van der Waals surface area contributed by atoms with E-state index in [4.69, 9.17) is 4.74 Å². The number of aryl methyl sites for hydroxylation is 1. The molecule has 1 fully saturated rings. The van der Waals surface area contributed by atoms with E-state index >= 15 is 0 Å². The third kappa shape index (κ3) is 2.11. The Balaban J connectivity index is 2.29. The smallest absolute Gasteiger partial charge is 0.153 e. The van der Waals surface area contributed by atoms with Gasteiger partial charge in [-0.3, -0.25) is 4.79 Å². The molecule has 0 bridgehead atoms. The zero-order chi connectivity index (χ0) is 11.5. The minimum absolute atomic E-state index is 0.305. The Morgan fingerprint density at radius 2 is 1.94 bits per heavy atom. The molecule has 2 rings (SSSR count). The van der Waals surface area contributed by atoms with Crippen LogP contribution in [0.1, 0.15) is 47.2 Å². The number of aldehydes is 1. The van der Waals surface area contributed by atoms with Crippen molar-refractivity contribution in [3.05, 3.63) is 28.8 Å². The van der Waals surface area contributed by atoms with Gasteiger partial charge in [-0.2, -0.15) is 0 Å². The minimum Gasteiger partial charge on any atom is -0.489 e. The highest BCUT2D eigenvalue weighted by Gasteiger charge is 2.19. The van der Waals surface area contributed by atoms with E-state index in [2.05, 4.69) is 0 Å². The lowest BCUT2D eigenvalue weighted by molar-refractivity contribution is 0.111. The number of hydrogen-bond donors (Lipinski definition) is 0. The Labute approximate surface area is 96.6 Å². The number of ether oxygens (including phenoxy) is 1. The molecule has 0 atom stereocenters. The number of benzene rings is 1. The first-order chi connectivity index (χ1) is 7.72. The van der Waals surface area contributed by atoms with Crippen molar-refractivity contribution in [2.45, 2.75) is 45.6 Å². The molecule has 0 saturated heterocycles. The molecule has 2 heteroatoms. The van der Waals surface area contributed by atoms with Crippen LogP contribution >= 0.6 is 0 Å². The summed E-state index contributed by atoms with van der Waals surface area (Å²) in [7, 11) is 0. The predicted octanol–water partition coefficient (Wildman–Crippen LogP) is 3.44. The molecule has 0 amide bonds. The van der Waals surface area contributed by atoms with Gasteiger partial charge in [0.1, 0.15) is 5.75 Å². The summed E-state index contributed by atoms with van der Waals surface area (Å²) in [6, 6.07) is 3.82. The van der Waals surface area contributed by atoms with Crippen LogP contribution in [0.15, 0.2) is 12.1 Å². The van der Waals surface area contributed by atoms with E-state index in [9.17, 15) is 4.79 Å². The first-order valence-corrected chi connectivity index (χ1v) is 5.94. The zero-order valence-corrected chi connectivity index (χ0v) is 9.95. The van der Waals surface area contributed by atoms with Crippen LogP contribution in [0.3, 0.4) is 0 Å². The van der Waals surface area contributed by atoms with Gasteiger partial charge in [-0.05, 0) is 56.7 Å². The summed E-state index contributed by atoms with van der Waals surface area (Å²) >= 11 is 0. The van der Waals surface area contributed by atoms with Gasteiger partial charge in [0.05, 0.1) is 11.7 Å². The number of carbonyl (C=O) groups is 1. The molecule has 1 saturated carbocycles. The van der Waals surface area contributed by atoms with Crippen LogP contribution in [0, 0.1) is 13.8 Å². The van der Waals surface area contributed by atoms with E-state index in [-0.39, 0.29) is 0 Å². The summed E-state index contributed by atoms with van der Waals surface area (Å²) in [4.78, 5) is 11.0. The van der Waals surface area contributed by atoms with Crippen LogP contribution in [-0.2, 0) is 0 Å². The molecule has 0 radical (unpaired) electrons. The predicted molar refractivity (Wildman–Crippen MR) is 64.2 cm³/mol. The molecule has 1 aromatic rings. The Bertz CT molecular complexity index is 390. The SMILES string of the molecule is Cc1ccc(C=O)c(OC2CCCC2)c1C. The first-order valence-electron chi connectivity index (χ1n) is 5.94. The monoisotopic (exact) mass is 218 g/mol. The zero-order valence-electron chi connectivity index (χ0n) is 9.95. The maximum Gasteiger partial charge on any atom is 0.153 e. The van der Waals surface area contributed by atoms with E-state index in [1.54, 1.807) is 0 Å². The fourth-order valence-corrected chi connectivity index (χ4v) is 2.23. The van der Waals surface area contributed by atoms with Crippen LogP contribution in [0.25, 0.3) is 0 Å². The lowest BCUT2D eigenvalue weighted by Crippen LogP contribution is -2.13. The molecular weight excluding hydrogens is 200 g/mol. The van der Waals surface area contributed by atoms with Crippen molar-refractivity contribution in [2.24, 2.45) is 0 Å². The molecule has 16 heavy (non-hydrogen) atoms. The van der Waals surface area contributed by atoms with Crippen molar-refractivity contribution in [1.29, 1.82) is 0 Å². The average molecular weight is 218 g/mol. The molecule has 0 aliphatic heterocycles. The third-order valence-electron chi connectivity index (χ3n) is 3.42. The maximum atomic E-state index is 11.0. The van der Waals surface area contributed by atoms with Crippen molar-refractivity contribution in [3.63, 3.8) is 0 Å². The van der Waals surface area contributed by atoms with E-state index in [1.807, 2.05) is 26.0 Å². The van der Waals surface area contributed by atoms with Gasteiger partial charge in [0.25, 0.3) is 0 Å². The second-order valence-electron chi connectivity index (χ2n) is 4.57. The summed E-state index contributed by atoms with van der Waals surface area (Å²) in [5.41, 5.74) is 2.95. The van der Waals surface area contributed by atoms with Crippen molar-refractivity contribution >= 4 is 6.29 Å². The lowest BCUT2D eigenvalue weighted by Gasteiger charge is -2.18. The molecular formula is C14H18O2. The molecule has 2 nitrogen and oxygen atoms in total. The van der Waals surface area contributed by atoms with Gasteiger partial charge in [-0.15, -0.1) is 0 Å². The molecule has 0 spiro atoms. The van der Waals surface area contributed by atoms with Crippen LogP contribution in [0.2, 0.25) is 0 Å². The van der Waals surface area contributed by atoms with Gasteiger partial charge in [0.2, 0.25) is 0 Å². The van der Waals surface area contributed by atoms with Crippen molar-refractivity contribution in [2.75, 3.05) is 0 Å². The van der Waals surface area contributed by atoms with E-state index in [0.29, 0.717) is 11.7 Å². The Morgan fingerprint density at radius 1 is 1.25 bits per heavy atom. The summed E-state index contributed by atoms with van der Waals surface area (Å²) in [6.45, 7) is 4.07. The van der Waals surface area contributed by atoms with E-state index in [1.165, 1.54) is 18.4 Å². The van der Waals surface area contributed by atoms with Crippen LogP contribution in [-0.4, -0.2) is 12.4 Å². The normalized spacial score (nSPS) is 16.4. The van der Waals surface area contributed by atoms with Gasteiger partial charge < -0.3 is 4.74 Å². The molecule has 1 aliphatic rings. The molecule has 1 aromatic carbocycles. The lowest BCUT2D eigenvalue weighted by atomic mass is 10.0. The number of hydrogen-bond acceptors (Lipinski definition) is 2. The largest absolute Gasteiger partial charge is 0.489 e. The van der Waals surface area contributed by atoms with E-state index < -0.39 is 0 Å². The maximum absolute atomic E-state index is 11.0. The average Bonchev–Trinajstić information content (AvgIpc) is 2.78. The highest BCUT2D eigenvalue weighted by molar-refractivity contribution is 5.80. The number of carbonyl (C=O) groups excluding carboxylic acids is 1. The van der Waals surface area contributed by atoms with Gasteiger partial charge in [0.15, 0.2) is 6.29 Å². The van der Waals surface area contributed by atoms with Crippen molar-refractivity contribution < 1.29 is 9.53 Å². The van der Waals surface area contributed by atoms with Crippen molar-refractivity contribution in [3.8, 4) is 5.75 Å². The fourth-order valence-electron chi connectivity index (χ4n) is 2.23. The molecule has 0 unspecified atom stereocenters. The van der Waals surface area contributed by atoms with Gasteiger partial charge in [0, 0.05) is 0 Å².